The number of esters is 4. The van der Waals surface area contributed by atoms with Crippen LogP contribution in [0.2, 0.25) is 0 Å². The van der Waals surface area contributed by atoms with E-state index in [0.717, 1.165) is 77.5 Å². The Morgan fingerprint density at radius 1 is 0.274 bits per heavy atom. The minimum absolute atomic E-state index is 0.163. The second-order valence-electron chi connectivity index (χ2n) is 21.6. The summed E-state index contributed by atoms with van der Waals surface area (Å²) in [4.78, 5) is 57.0. The third-order valence-electron chi connectivity index (χ3n) is 14.6. The lowest BCUT2D eigenvalue weighted by Gasteiger charge is -2.25. The first kappa shape index (κ1) is 70.8. The number of nitrogens with zero attached hydrogens (tertiary/aromatic N) is 3. The lowest BCUT2D eigenvalue weighted by Crippen LogP contribution is -2.34. The molecule has 11 nitrogen and oxygen atoms in total. The second kappa shape index (κ2) is 57.5. The Morgan fingerprint density at radius 2 is 0.493 bits per heavy atom. The van der Waals surface area contributed by atoms with Crippen molar-refractivity contribution in [3.8, 4) is 0 Å². The molecule has 0 aromatic heterocycles. The monoisotopic (exact) mass is 1040 g/mol. The van der Waals surface area contributed by atoms with Crippen LogP contribution in [0.1, 0.15) is 290 Å². The molecule has 11 heteroatoms. The smallest absolute Gasteiger partial charge is 0.307 e. The van der Waals surface area contributed by atoms with Gasteiger partial charge in [-0.3, -0.25) is 19.2 Å². The summed E-state index contributed by atoms with van der Waals surface area (Å²) in [5.41, 5.74) is 0. The highest BCUT2D eigenvalue weighted by atomic mass is 16.5. The quantitative estimate of drug-likeness (QED) is 0.0329. The number of hydrogen-bond acceptors (Lipinski definition) is 11. The van der Waals surface area contributed by atoms with Crippen LogP contribution in [-0.2, 0) is 38.1 Å². The van der Waals surface area contributed by atoms with Crippen molar-refractivity contribution in [3.63, 3.8) is 0 Å². The molecule has 0 aromatic rings. The summed E-state index contributed by atoms with van der Waals surface area (Å²) < 4.78 is 21.8. The fourth-order valence-electron chi connectivity index (χ4n) is 9.61. The van der Waals surface area contributed by atoms with Crippen LogP contribution in [0.5, 0.6) is 0 Å². The first-order valence-electron chi connectivity index (χ1n) is 31.4. The molecule has 0 amide bonds. The van der Waals surface area contributed by atoms with Gasteiger partial charge in [0.1, 0.15) is 0 Å². The minimum Gasteiger partial charge on any atom is -0.469 e. The van der Waals surface area contributed by atoms with Crippen molar-refractivity contribution >= 4 is 23.9 Å². The summed E-state index contributed by atoms with van der Waals surface area (Å²) in [5, 5.41) is 0. The molecule has 0 radical (unpaired) electrons. The molecule has 0 aliphatic carbocycles. The van der Waals surface area contributed by atoms with Gasteiger partial charge in [0.25, 0.3) is 0 Å². The first-order chi connectivity index (χ1) is 35.7. The van der Waals surface area contributed by atoms with Gasteiger partial charge in [-0.1, -0.05) is 233 Å². The molecule has 0 aliphatic heterocycles. The minimum atomic E-state index is -0.248. The van der Waals surface area contributed by atoms with Gasteiger partial charge in [0, 0.05) is 26.2 Å². The van der Waals surface area contributed by atoms with Crippen molar-refractivity contribution in [3.05, 3.63) is 0 Å². The van der Waals surface area contributed by atoms with E-state index < -0.39 is 0 Å². The van der Waals surface area contributed by atoms with Crippen LogP contribution >= 0.6 is 0 Å². The molecule has 0 bridgehead atoms. The van der Waals surface area contributed by atoms with E-state index in [1.54, 1.807) is 0 Å². The molecule has 0 unspecified atom stereocenters. The molecule has 0 fully saturated rings. The zero-order valence-corrected chi connectivity index (χ0v) is 49.1. The number of rotatable bonds is 59. The van der Waals surface area contributed by atoms with Crippen molar-refractivity contribution in [2.75, 3.05) is 86.3 Å². The number of ether oxygens (including phenoxy) is 4. The molecule has 0 N–H and O–H groups in total. The van der Waals surface area contributed by atoms with Gasteiger partial charge in [0.15, 0.2) is 0 Å². The topological polar surface area (TPSA) is 115 Å². The van der Waals surface area contributed by atoms with E-state index in [4.69, 9.17) is 18.9 Å². The fourth-order valence-corrected chi connectivity index (χ4v) is 9.61. The molecule has 0 rings (SSSR count). The molecule has 0 spiro atoms. The molecule has 0 aromatic carbocycles. The van der Waals surface area contributed by atoms with Crippen LogP contribution in [0, 0.1) is 0 Å². The third-order valence-corrected chi connectivity index (χ3v) is 14.6. The fraction of sp³-hybridized carbons (Fsp3) is 0.935. The highest BCUT2D eigenvalue weighted by molar-refractivity contribution is 5.70. The van der Waals surface area contributed by atoms with Crippen molar-refractivity contribution in [1.29, 1.82) is 0 Å². The molecular weight excluding hydrogens is 915 g/mol. The summed E-state index contributed by atoms with van der Waals surface area (Å²) in [6, 6.07) is 0. The maximum Gasteiger partial charge on any atom is 0.307 e. The zero-order valence-electron chi connectivity index (χ0n) is 49.1. The van der Waals surface area contributed by atoms with Gasteiger partial charge < -0.3 is 33.6 Å². The van der Waals surface area contributed by atoms with Crippen molar-refractivity contribution in [1.82, 2.24) is 14.7 Å². The maximum absolute atomic E-state index is 12.8. The molecule has 0 saturated heterocycles. The summed E-state index contributed by atoms with van der Waals surface area (Å²) in [7, 11) is 3.53. The SMILES string of the molecule is CCCCCCCCCCCCCCOC(=O)CCN(CCCN(C)CCCN(CCC(=O)OCCCCCCCCCCCCCC)CCC(=O)OCCCCCCCCCCCCCC)CCC(=O)OC. The number of carbonyl (C=O) groups excluding carboxylic acids is 4. The highest BCUT2D eigenvalue weighted by Crippen LogP contribution is 2.15. The Labute approximate surface area is 451 Å². The van der Waals surface area contributed by atoms with Crippen LogP contribution in [0.4, 0.5) is 0 Å². The van der Waals surface area contributed by atoms with Gasteiger partial charge in [-0.2, -0.15) is 0 Å². The van der Waals surface area contributed by atoms with Gasteiger partial charge in [-0.15, -0.1) is 0 Å². The van der Waals surface area contributed by atoms with Crippen molar-refractivity contribution in [2.45, 2.75) is 290 Å². The summed E-state index contributed by atoms with van der Waals surface area (Å²) in [6.07, 6.45) is 48.9. The van der Waals surface area contributed by atoms with E-state index in [0.29, 0.717) is 65.3 Å². The van der Waals surface area contributed by atoms with E-state index in [2.05, 4.69) is 42.5 Å². The summed E-state index contributed by atoms with van der Waals surface area (Å²) >= 11 is 0. The van der Waals surface area contributed by atoms with E-state index in [1.807, 2.05) is 0 Å². The average molecular weight is 1040 g/mol. The Hall–Kier alpha value is -2.24. The number of hydrogen-bond donors (Lipinski definition) is 0. The van der Waals surface area contributed by atoms with E-state index in [9.17, 15) is 19.2 Å². The largest absolute Gasteiger partial charge is 0.469 e. The summed E-state index contributed by atoms with van der Waals surface area (Å²) in [5.74, 6) is -0.746. The Kier molecular flexibility index (Phi) is 55.7. The second-order valence-corrected chi connectivity index (χ2v) is 21.6. The van der Waals surface area contributed by atoms with E-state index in [-0.39, 0.29) is 30.3 Å². The Balaban J connectivity index is 4.72. The predicted octanol–water partition coefficient (Wildman–Crippen LogP) is 15.8. The Morgan fingerprint density at radius 3 is 0.726 bits per heavy atom. The van der Waals surface area contributed by atoms with Gasteiger partial charge in [-0.05, 0) is 65.3 Å². The molecule has 0 heterocycles. The molecule has 0 atom stereocenters. The third kappa shape index (κ3) is 54.4. The van der Waals surface area contributed by atoms with Crippen LogP contribution in [0.25, 0.3) is 0 Å². The molecule has 0 aliphatic rings. The molecule has 0 saturated carbocycles. The maximum atomic E-state index is 12.8. The first-order valence-corrected chi connectivity index (χ1v) is 31.4. The van der Waals surface area contributed by atoms with E-state index >= 15 is 0 Å². The van der Waals surface area contributed by atoms with Gasteiger partial charge in [0.05, 0.1) is 52.6 Å². The zero-order chi connectivity index (χ0) is 53.3. The summed E-state index contributed by atoms with van der Waals surface area (Å²) in [6.45, 7) is 13.7. The highest BCUT2D eigenvalue weighted by Gasteiger charge is 2.15. The predicted molar refractivity (Wildman–Crippen MR) is 306 cm³/mol. The van der Waals surface area contributed by atoms with Crippen molar-refractivity contribution in [2.24, 2.45) is 0 Å². The number of unbranched alkanes of at least 4 members (excludes halogenated alkanes) is 33. The van der Waals surface area contributed by atoms with Crippen LogP contribution in [-0.4, -0.2) is 125 Å². The van der Waals surface area contributed by atoms with E-state index in [1.165, 1.54) is 200 Å². The van der Waals surface area contributed by atoms with Gasteiger partial charge >= 0.3 is 23.9 Å². The standard InChI is InChI=1S/C62H121N3O8/c1-6-9-12-15-18-21-24-27-30-33-36-39-56-71-60(67)45-53-64(52-44-59(66)70-5)50-42-48-63(4)49-43-51-65(54-46-61(68)72-57-40-37-34-31-28-25-22-19-16-13-10-7-2)55-47-62(69)73-58-41-38-35-32-29-26-23-20-17-14-11-8-3/h6-58H2,1-5H3. The number of carbonyl (C=O) groups is 4. The van der Waals surface area contributed by atoms with Gasteiger partial charge in [0.2, 0.25) is 0 Å². The average Bonchev–Trinajstić information content (AvgIpc) is 3.39. The molecular formula is C62H121N3O8. The lowest BCUT2D eigenvalue weighted by atomic mass is 10.1. The molecule has 432 valence electrons. The van der Waals surface area contributed by atoms with Crippen LogP contribution < -0.4 is 0 Å². The Bertz CT molecular complexity index is 1160. The van der Waals surface area contributed by atoms with Crippen molar-refractivity contribution < 1.29 is 38.1 Å². The van der Waals surface area contributed by atoms with Gasteiger partial charge in [-0.25, -0.2) is 0 Å². The normalized spacial score (nSPS) is 11.6. The van der Waals surface area contributed by atoms with Crippen LogP contribution in [0.15, 0.2) is 0 Å². The lowest BCUT2D eigenvalue weighted by molar-refractivity contribution is -0.145. The molecule has 73 heavy (non-hydrogen) atoms. The number of methoxy groups -OCH3 is 1. The van der Waals surface area contributed by atoms with Crippen LogP contribution in [0.3, 0.4) is 0 Å².